The van der Waals surface area contributed by atoms with Gasteiger partial charge in [0, 0.05) is 34.3 Å². The molecular formula is C17H19Cl2N3O3. The minimum Gasteiger partial charge on any atom is -0.475 e. The number of aromatic carboxylic acids is 1. The summed E-state index contributed by atoms with van der Waals surface area (Å²) in [7, 11) is 0. The Morgan fingerprint density at radius 1 is 1.28 bits per heavy atom. The van der Waals surface area contributed by atoms with Crippen molar-refractivity contribution in [1.82, 2.24) is 9.97 Å². The van der Waals surface area contributed by atoms with E-state index in [-0.39, 0.29) is 12.4 Å². The molecule has 6 nitrogen and oxygen atoms in total. The van der Waals surface area contributed by atoms with Crippen molar-refractivity contribution in [2.75, 3.05) is 11.9 Å². The highest BCUT2D eigenvalue weighted by atomic mass is 35.5. The fourth-order valence-corrected chi connectivity index (χ4v) is 2.68. The molecule has 0 spiro atoms. The van der Waals surface area contributed by atoms with E-state index in [1.165, 1.54) is 0 Å². The molecule has 25 heavy (non-hydrogen) atoms. The van der Waals surface area contributed by atoms with Gasteiger partial charge < -0.3 is 15.5 Å². The summed E-state index contributed by atoms with van der Waals surface area (Å²) in [5, 5.41) is 23.1. The Hall–Kier alpha value is -1.89. The van der Waals surface area contributed by atoms with Gasteiger partial charge in [-0.3, -0.25) is 0 Å². The van der Waals surface area contributed by atoms with Crippen molar-refractivity contribution in [2.45, 2.75) is 32.8 Å². The van der Waals surface area contributed by atoms with E-state index < -0.39 is 11.6 Å². The van der Waals surface area contributed by atoms with Crippen LogP contribution in [0.5, 0.6) is 0 Å². The molecule has 8 heteroatoms. The highest BCUT2D eigenvalue weighted by Gasteiger charge is 2.19. The third kappa shape index (κ3) is 5.29. The number of rotatable bonds is 6. The number of aryl methyl sites for hydroxylation is 1. The van der Waals surface area contributed by atoms with Crippen LogP contribution in [0, 0.1) is 6.92 Å². The number of anilines is 1. The quantitative estimate of drug-likeness (QED) is 0.705. The van der Waals surface area contributed by atoms with Crippen LogP contribution in [0.4, 0.5) is 5.82 Å². The monoisotopic (exact) mass is 383 g/mol. The molecule has 2 aromatic rings. The lowest BCUT2D eigenvalue weighted by Crippen LogP contribution is -2.30. The summed E-state index contributed by atoms with van der Waals surface area (Å²) < 4.78 is 0. The highest BCUT2D eigenvalue weighted by Crippen LogP contribution is 2.27. The van der Waals surface area contributed by atoms with E-state index >= 15 is 0 Å². The number of nitrogens with one attached hydrogen (secondary N) is 1. The fourth-order valence-electron chi connectivity index (χ4n) is 2.21. The van der Waals surface area contributed by atoms with Crippen LogP contribution in [0.3, 0.4) is 0 Å². The average Bonchev–Trinajstić information content (AvgIpc) is 2.48. The van der Waals surface area contributed by atoms with Gasteiger partial charge >= 0.3 is 5.97 Å². The van der Waals surface area contributed by atoms with Crippen LogP contribution in [0.15, 0.2) is 18.2 Å². The molecular weight excluding hydrogens is 365 g/mol. The molecule has 0 fully saturated rings. The predicted molar refractivity (Wildman–Crippen MR) is 97.8 cm³/mol. The largest absolute Gasteiger partial charge is 0.475 e. The molecule has 134 valence electrons. The van der Waals surface area contributed by atoms with Crippen molar-refractivity contribution in [2.24, 2.45) is 0 Å². The number of aliphatic hydroxyl groups is 1. The lowest BCUT2D eigenvalue weighted by molar-refractivity contribution is 0.0683. The molecule has 0 radical (unpaired) electrons. The summed E-state index contributed by atoms with van der Waals surface area (Å²) in [6.45, 7) is 5.19. The number of nitrogens with zero attached hydrogens (tertiary/aromatic N) is 2. The molecule has 0 aliphatic rings. The van der Waals surface area contributed by atoms with Gasteiger partial charge in [-0.15, -0.1) is 0 Å². The van der Waals surface area contributed by atoms with Crippen LogP contribution < -0.4 is 5.32 Å². The Bertz CT molecular complexity index is 804. The predicted octanol–water partition coefficient (Wildman–Crippen LogP) is 3.56. The maximum Gasteiger partial charge on any atom is 0.374 e. The second-order valence-electron chi connectivity index (χ2n) is 6.34. The molecule has 1 heterocycles. The molecule has 0 aliphatic heterocycles. The minimum atomic E-state index is -1.22. The zero-order valence-corrected chi connectivity index (χ0v) is 15.6. The van der Waals surface area contributed by atoms with Gasteiger partial charge in [-0.25, -0.2) is 14.8 Å². The summed E-state index contributed by atoms with van der Waals surface area (Å²) >= 11 is 12.2. The number of aromatic nitrogens is 2. The zero-order valence-electron chi connectivity index (χ0n) is 14.1. The smallest absolute Gasteiger partial charge is 0.374 e. The first-order chi connectivity index (χ1) is 11.6. The SMILES string of the molecule is Cc1nc(C(=O)O)nc(NCC(C)(C)O)c1Cc1ccc(Cl)cc1Cl. The van der Waals surface area contributed by atoms with Gasteiger partial charge in [-0.1, -0.05) is 29.3 Å². The molecule has 1 aromatic heterocycles. The summed E-state index contributed by atoms with van der Waals surface area (Å²) in [6, 6.07) is 5.17. The van der Waals surface area contributed by atoms with Crippen LogP contribution in [0.2, 0.25) is 10.0 Å². The van der Waals surface area contributed by atoms with E-state index in [0.29, 0.717) is 33.5 Å². The number of benzene rings is 1. The van der Waals surface area contributed by atoms with Gasteiger partial charge in [0.05, 0.1) is 5.60 Å². The molecule has 1 aromatic carbocycles. The van der Waals surface area contributed by atoms with E-state index in [0.717, 1.165) is 5.56 Å². The van der Waals surface area contributed by atoms with E-state index in [2.05, 4.69) is 15.3 Å². The van der Waals surface area contributed by atoms with E-state index in [1.807, 2.05) is 0 Å². The Labute approximate surface area is 155 Å². The normalized spacial score (nSPS) is 11.4. The van der Waals surface area contributed by atoms with E-state index in [9.17, 15) is 15.0 Å². The standard InChI is InChI=1S/C17H19Cl2N3O3/c1-9-12(6-10-4-5-11(18)7-13(10)19)14(20-8-17(2,3)25)22-15(21-9)16(23)24/h4-5,7,25H,6,8H2,1-3H3,(H,23,24)(H,20,21,22). The molecule has 0 saturated heterocycles. The minimum absolute atomic E-state index is 0.198. The van der Waals surface area contributed by atoms with Gasteiger partial charge in [-0.2, -0.15) is 0 Å². The Morgan fingerprint density at radius 3 is 2.52 bits per heavy atom. The molecule has 0 atom stereocenters. The third-order valence-electron chi connectivity index (χ3n) is 3.48. The Balaban J connectivity index is 2.45. The van der Waals surface area contributed by atoms with Gasteiger partial charge in [0.1, 0.15) is 5.82 Å². The topological polar surface area (TPSA) is 95.3 Å². The first-order valence-corrected chi connectivity index (χ1v) is 8.33. The number of carboxylic acid groups (broad SMARTS) is 1. The second kappa shape index (κ2) is 7.56. The maximum absolute atomic E-state index is 11.2. The van der Waals surface area contributed by atoms with Crippen LogP contribution in [0.25, 0.3) is 0 Å². The molecule has 0 saturated carbocycles. The lowest BCUT2D eigenvalue weighted by Gasteiger charge is -2.20. The third-order valence-corrected chi connectivity index (χ3v) is 4.06. The summed E-state index contributed by atoms with van der Waals surface area (Å²) in [4.78, 5) is 19.3. The van der Waals surface area contributed by atoms with Crippen molar-refractivity contribution in [1.29, 1.82) is 0 Å². The first-order valence-electron chi connectivity index (χ1n) is 7.58. The summed E-state index contributed by atoms with van der Waals surface area (Å²) in [5.74, 6) is -1.16. The second-order valence-corrected chi connectivity index (χ2v) is 7.19. The number of hydrogen-bond acceptors (Lipinski definition) is 5. The van der Waals surface area contributed by atoms with Gasteiger partial charge in [-0.05, 0) is 38.5 Å². The van der Waals surface area contributed by atoms with Crippen LogP contribution in [-0.2, 0) is 6.42 Å². The maximum atomic E-state index is 11.2. The lowest BCUT2D eigenvalue weighted by atomic mass is 10.0. The van der Waals surface area contributed by atoms with Crippen LogP contribution in [0.1, 0.15) is 41.3 Å². The Kier molecular flexibility index (Phi) is 5.87. The van der Waals surface area contributed by atoms with E-state index in [1.54, 1.807) is 39.0 Å². The molecule has 2 rings (SSSR count). The average molecular weight is 384 g/mol. The highest BCUT2D eigenvalue weighted by molar-refractivity contribution is 6.35. The Morgan fingerprint density at radius 2 is 1.96 bits per heavy atom. The van der Waals surface area contributed by atoms with Gasteiger partial charge in [0.2, 0.25) is 5.82 Å². The number of hydrogen-bond donors (Lipinski definition) is 3. The summed E-state index contributed by atoms with van der Waals surface area (Å²) in [5.41, 5.74) is 1.06. The molecule has 3 N–H and O–H groups in total. The fraction of sp³-hybridized carbons (Fsp3) is 0.353. The molecule has 0 bridgehead atoms. The number of carbonyl (C=O) groups is 1. The van der Waals surface area contributed by atoms with Gasteiger partial charge in [0.15, 0.2) is 0 Å². The van der Waals surface area contributed by atoms with Crippen molar-refractivity contribution < 1.29 is 15.0 Å². The van der Waals surface area contributed by atoms with Crippen molar-refractivity contribution >= 4 is 35.0 Å². The van der Waals surface area contributed by atoms with Gasteiger partial charge in [0.25, 0.3) is 0 Å². The first kappa shape index (κ1) is 19.4. The molecule has 0 unspecified atom stereocenters. The molecule has 0 amide bonds. The van der Waals surface area contributed by atoms with Crippen molar-refractivity contribution in [3.63, 3.8) is 0 Å². The summed E-state index contributed by atoms with van der Waals surface area (Å²) in [6.07, 6.45) is 0.399. The van der Waals surface area contributed by atoms with Crippen molar-refractivity contribution in [3.05, 3.63) is 50.9 Å². The van der Waals surface area contributed by atoms with Crippen molar-refractivity contribution in [3.8, 4) is 0 Å². The zero-order chi connectivity index (χ0) is 18.8. The molecule has 0 aliphatic carbocycles. The van der Waals surface area contributed by atoms with Crippen LogP contribution in [-0.4, -0.2) is 38.3 Å². The number of halogens is 2. The number of carboxylic acids is 1. The van der Waals surface area contributed by atoms with E-state index in [4.69, 9.17) is 23.2 Å². The van der Waals surface area contributed by atoms with Crippen LogP contribution >= 0.6 is 23.2 Å².